The smallest absolute Gasteiger partial charge is 0.416 e. The Balaban J connectivity index is 1.29. The number of methoxy groups -OCH3 is 1. The summed E-state index contributed by atoms with van der Waals surface area (Å²) >= 11 is 0. The molecule has 1 N–H and O–H groups in total. The summed E-state index contributed by atoms with van der Waals surface area (Å²) in [5.74, 6) is -0.622. The molecular formula is C34H41F3N4O6S. The van der Waals surface area contributed by atoms with Gasteiger partial charge in [-0.15, -0.1) is 0 Å². The average molecular weight is 691 g/mol. The highest BCUT2D eigenvalue weighted by atomic mass is 32.2. The standard InChI is InChI=1S/C34H41F3N4O6S/c1-22-10-11-25(28(42)21-41(22)48(44,45)31-9-5-6-18-38-31)20-39-32(43)27(19-23-7-3-4-8-23)40-33(46-2)30-17-16-29(47-30)24-12-14-26(15-13-24)34(35,36)37/h9,12-18,20,22-23,25,27,33,40H,3-8,10-11,19,21H2,1-2H3/t22-,25?,27+,33?/m1/s1. The van der Waals surface area contributed by atoms with E-state index in [1.54, 1.807) is 31.3 Å². The Bertz CT molecular complexity index is 1640. The van der Waals surface area contributed by atoms with Crippen molar-refractivity contribution in [2.24, 2.45) is 21.8 Å². The van der Waals surface area contributed by atoms with E-state index >= 15 is 0 Å². The first-order valence-corrected chi connectivity index (χ1v) is 17.7. The number of amides is 1. The maximum absolute atomic E-state index is 13.6. The Hall–Kier alpha value is -3.46. The van der Waals surface area contributed by atoms with Crippen molar-refractivity contribution in [1.82, 2.24) is 9.62 Å². The largest absolute Gasteiger partial charge is 0.457 e. The number of hydrogen-bond donors (Lipinski definition) is 1. The zero-order valence-electron chi connectivity index (χ0n) is 27.0. The van der Waals surface area contributed by atoms with Crippen molar-refractivity contribution in [2.75, 3.05) is 13.7 Å². The minimum atomic E-state index is -4.45. The van der Waals surface area contributed by atoms with Crippen LogP contribution in [0.5, 0.6) is 0 Å². The quantitative estimate of drug-likeness (QED) is 0.212. The number of benzene rings is 1. The Morgan fingerprint density at radius 2 is 1.85 bits per heavy atom. The Labute approximate surface area is 278 Å². The van der Waals surface area contributed by atoms with E-state index < -0.39 is 51.9 Å². The molecule has 2 fully saturated rings. The number of aliphatic imine (C=N–C) groups is 2. The molecule has 0 bridgehead atoms. The zero-order chi connectivity index (χ0) is 34.5. The predicted octanol–water partition coefficient (Wildman–Crippen LogP) is 6.45. The van der Waals surface area contributed by atoms with E-state index in [4.69, 9.17) is 9.15 Å². The van der Waals surface area contributed by atoms with Crippen LogP contribution < -0.4 is 5.32 Å². The lowest BCUT2D eigenvalue weighted by Gasteiger charge is -2.26. The van der Waals surface area contributed by atoms with Crippen molar-refractivity contribution in [1.29, 1.82) is 0 Å². The number of allylic oxidation sites excluding steroid dienone is 1. The molecule has 2 aliphatic heterocycles. The molecule has 1 amide bonds. The van der Waals surface area contributed by atoms with E-state index in [-0.39, 0.29) is 23.3 Å². The topological polar surface area (TPSA) is 131 Å². The Morgan fingerprint density at radius 3 is 2.50 bits per heavy atom. The maximum atomic E-state index is 13.6. The first kappa shape index (κ1) is 35.8. The van der Waals surface area contributed by atoms with Gasteiger partial charge in [-0.3, -0.25) is 14.9 Å². The lowest BCUT2D eigenvalue weighted by Crippen LogP contribution is -2.41. The highest BCUT2D eigenvalue weighted by Crippen LogP contribution is 2.34. The van der Waals surface area contributed by atoms with Crippen LogP contribution in [0.4, 0.5) is 13.2 Å². The third-order valence-electron chi connectivity index (χ3n) is 9.21. The molecule has 0 radical (unpaired) electrons. The van der Waals surface area contributed by atoms with Crippen LogP contribution in [0.2, 0.25) is 0 Å². The molecule has 1 aromatic carbocycles. The molecule has 1 aromatic heterocycles. The number of hydrogen-bond acceptors (Lipinski definition) is 8. The van der Waals surface area contributed by atoms with Crippen molar-refractivity contribution < 1.29 is 40.3 Å². The van der Waals surface area contributed by atoms with Crippen molar-refractivity contribution >= 4 is 34.1 Å². The predicted molar refractivity (Wildman–Crippen MR) is 175 cm³/mol. The van der Waals surface area contributed by atoms with Crippen LogP contribution in [0.15, 0.2) is 61.9 Å². The molecule has 10 nitrogen and oxygen atoms in total. The van der Waals surface area contributed by atoms with E-state index in [9.17, 15) is 31.2 Å². The van der Waals surface area contributed by atoms with Gasteiger partial charge in [0.2, 0.25) is 0 Å². The van der Waals surface area contributed by atoms with Gasteiger partial charge in [-0.1, -0.05) is 37.8 Å². The van der Waals surface area contributed by atoms with Gasteiger partial charge in [0.25, 0.3) is 15.9 Å². The fraction of sp³-hybridized carbons (Fsp3) is 0.529. The molecule has 48 heavy (non-hydrogen) atoms. The number of carbonyl (C=O) groups excluding carboxylic acids is 2. The van der Waals surface area contributed by atoms with Crippen LogP contribution in [0.1, 0.15) is 82.3 Å². The Morgan fingerprint density at radius 1 is 1.12 bits per heavy atom. The van der Waals surface area contributed by atoms with Crippen LogP contribution >= 0.6 is 0 Å². The summed E-state index contributed by atoms with van der Waals surface area (Å²) in [4.78, 5) is 35.2. The van der Waals surface area contributed by atoms with Gasteiger partial charge in [-0.25, -0.2) is 18.4 Å². The summed E-state index contributed by atoms with van der Waals surface area (Å²) in [6.07, 6.45) is 5.66. The lowest BCUT2D eigenvalue weighted by molar-refractivity contribution is -0.137. The zero-order valence-corrected chi connectivity index (χ0v) is 27.8. The van der Waals surface area contributed by atoms with Crippen LogP contribution in [-0.2, 0) is 30.5 Å². The molecule has 14 heteroatoms. The first-order valence-electron chi connectivity index (χ1n) is 16.3. The summed E-state index contributed by atoms with van der Waals surface area (Å²) in [7, 11) is -2.51. The monoisotopic (exact) mass is 690 g/mol. The molecule has 3 aliphatic rings. The number of ether oxygens (including phenoxy) is 1. The number of rotatable bonds is 11. The number of alkyl halides is 3. The molecule has 4 atom stereocenters. The highest BCUT2D eigenvalue weighted by molar-refractivity contribution is 7.93. The van der Waals surface area contributed by atoms with Crippen LogP contribution in [0.25, 0.3) is 11.3 Å². The van der Waals surface area contributed by atoms with Crippen LogP contribution in [-0.4, -0.2) is 62.6 Å². The molecule has 1 saturated carbocycles. The van der Waals surface area contributed by atoms with Gasteiger partial charge in [-0.2, -0.15) is 17.5 Å². The molecule has 260 valence electrons. The SMILES string of the molecule is COC(N[C@@H](CC1CCCC1)C(=O)N=CC1CC[C@@H](C)N(S(=O)(=O)C2=CCCC=N2)CC1=O)c1ccc(-c2ccc(C(F)(F)F)cc2)o1. The second-order valence-electron chi connectivity index (χ2n) is 12.6. The van der Waals surface area contributed by atoms with Gasteiger partial charge in [0.05, 0.1) is 24.1 Å². The number of nitrogens with one attached hydrogen (secondary N) is 1. The van der Waals surface area contributed by atoms with Crippen molar-refractivity contribution in [3.8, 4) is 11.3 Å². The van der Waals surface area contributed by atoms with E-state index in [1.165, 1.54) is 29.8 Å². The van der Waals surface area contributed by atoms with Crippen LogP contribution in [0.3, 0.4) is 0 Å². The average Bonchev–Trinajstić information content (AvgIpc) is 3.75. The molecule has 1 aliphatic carbocycles. The minimum Gasteiger partial charge on any atom is -0.457 e. The highest BCUT2D eigenvalue weighted by Gasteiger charge is 2.38. The van der Waals surface area contributed by atoms with E-state index in [1.807, 2.05) is 0 Å². The number of nitrogens with zero attached hydrogens (tertiary/aromatic N) is 3. The number of sulfonamides is 1. The molecule has 2 unspecified atom stereocenters. The number of halogens is 3. The van der Waals surface area contributed by atoms with Crippen molar-refractivity contribution in [3.63, 3.8) is 0 Å². The lowest BCUT2D eigenvalue weighted by atomic mass is 9.97. The van der Waals surface area contributed by atoms with E-state index in [0.717, 1.165) is 37.8 Å². The van der Waals surface area contributed by atoms with E-state index in [0.29, 0.717) is 49.2 Å². The number of ketones is 1. The second kappa shape index (κ2) is 15.4. The second-order valence-corrected chi connectivity index (χ2v) is 14.4. The first-order chi connectivity index (χ1) is 22.9. The normalized spacial score (nSPS) is 22.9. The molecule has 2 aromatic rings. The van der Waals surface area contributed by atoms with Crippen LogP contribution in [0, 0.1) is 11.8 Å². The number of Topliss-reactive ketones (excluding diaryl/α,β-unsaturated/α-hetero) is 1. The van der Waals surface area contributed by atoms with Gasteiger partial charge in [0.15, 0.2) is 17.0 Å². The fourth-order valence-electron chi connectivity index (χ4n) is 6.41. The van der Waals surface area contributed by atoms with Gasteiger partial charge >= 0.3 is 6.18 Å². The number of furan rings is 1. The maximum Gasteiger partial charge on any atom is 0.416 e. The van der Waals surface area contributed by atoms with Crippen molar-refractivity contribution in [2.45, 2.75) is 89.2 Å². The van der Waals surface area contributed by atoms with Gasteiger partial charge in [-0.05, 0) is 75.3 Å². The Kier molecular flexibility index (Phi) is 11.5. The van der Waals surface area contributed by atoms with Gasteiger partial charge < -0.3 is 9.15 Å². The summed E-state index contributed by atoms with van der Waals surface area (Å²) in [6.45, 7) is 1.42. The summed E-state index contributed by atoms with van der Waals surface area (Å²) in [6, 6.07) is 6.66. The van der Waals surface area contributed by atoms with Gasteiger partial charge in [0, 0.05) is 31.1 Å². The molecule has 3 heterocycles. The summed E-state index contributed by atoms with van der Waals surface area (Å²) in [5.41, 5.74) is -0.318. The molecular weight excluding hydrogens is 649 g/mol. The van der Waals surface area contributed by atoms with Crippen molar-refractivity contribution in [3.05, 3.63) is 58.8 Å². The third kappa shape index (κ3) is 8.57. The fourth-order valence-corrected chi connectivity index (χ4v) is 8.06. The molecule has 1 saturated heterocycles. The minimum absolute atomic E-state index is 0.0488. The molecule has 0 spiro atoms. The number of carbonyl (C=O) groups is 2. The summed E-state index contributed by atoms with van der Waals surface area (Å²) < 4.78 is 78.4. The van der Waals surface area contributed by atoms with Gasteiger partial charge in [0.1, 0.15) is 11.5 Å². The summed E-state index contributed by atoms with van der Waals surface area (Å²) in [5, 5.41) is 3.15. The molecule has 5 rings (SSSR count). The van der Waals surface area contributed by atoms with E-state index in [2.05, 4.69) is 15.3 Å². The third-order valence-corrected chi connectivity index (χ3v) is 11.1.